The number of hydrogen-bond donors (Lipinski definition) is 2. The van der Waals surface area contributed by atoms with Gasteiger partial charge in [-0.15, -0.1) is 5.10 Å². The van der Waals surface area contributed by atoms with E-state index in [1.807, 2.05) is 0 Å². The van der Waals surface area contributed by atoms with Gasteiger partial charge in [-0.05, 0) is 72.5 Å². The van der Waals surface area contributed by atoms with E-state index in [0.29, 0.717) is 17.9 Å². The molecule has 0 bridgehead atoms. The highest BCUT2D eigenvalue weighted by Gasteiger charge is 2.27. The number of tetrazole rings is 1. The van der Waals surface area contributed by atoms with Gasteiger partial charge in [0.1, 0.15) is 5.82 Å². The van der Waals surface area contributed by atoms with Crippen LogP contribution in [-0.4, -0.2) is 40.6 Å². The topological polar surface area (TPSA) is 119 Å². The molecule has 0 atom stereocenters. The average Bonchev–Trinajstić information content (AvgIpc) is 3.44. The molecule has 1 amide bonds. The van der Waals surface area contributed by atoms with Crippen LogP contribution < -0.4 is 10.0 Å². The van der Waals surface area contributed by atoms with E-state index in [4.69, 9.17) is 0 Å². The van der Waals surface area contributed by atoms with Crippen molar-refractivity contribution in [2.45, 2.75) is 43.5 Å². The molecule has 11 heteroatoms. The minimum Gasteiger partial charge on any atom is -0.324 e. The molecule has 1 aliphatic rings. The van der Waals surface area contributed by atoms with E-state index in [-0.39, 0.29) is 29.0 Å². The smallest absolute Gasteiger partial charge is 0.240 e. The molecule has 0 saturated heterocycles. The first-order valence-electron chi connectivity index (χ1n) is 9.78. The maximum Gasteiger partial charge on any atom is 0.240 e. The van der Waals surface area contributed by atoms with Crippen LogP contribution in [0.1, 0.15) is 30.7 Å². The van der Waals surface area contributed by atoms with Crippen LogP contribution >= 0.6 is 0 Å². The van der Waals surface area contributed by atoms with Crippen molar-refractivity contribution in [2.75, 3.05) is 5.32 Å². The van der Waals surface area contributed by atoms with Crippen LogP contribution in [0.15, 0.2) is 47.4 Å². The highest BCUT2D eigenvalue weighted by atomic mass is 32.2. The van der Waals surface area contributed by atoms with E-state index < -0.39 is 15.8 Å². The number of halogens is 1. The number of aromatic nitrogens is 4. The summed E-state index contributed by atoms with van der Waals surface area (Å²) >= 11 is 0. The van der Waals surface area contributed by atoms with Gasteiger partial charge < -0.3 is 5.32 Å². The van der Waals surface area contributed by atoms with E-state index >= 15 is 0 Å². The molecule has 31 heavy (non-hydrogen) atoms. The number of nitrogens with zero attached hydrogens (tertiary/aromatic N) is 4. The third-order valence-corrected chi connectivity index (χ3v) is 6.40. The number of nitrogens with one attached hydrogen (secondary N) is 2. The predicted octanol–water partition coefficient (Wildman–Crippen LogP) is 2.12. The summed E-state index contributed by atoms with van der Waals surface area (Å²) in [4.78, 5) is 12.5. The van der Waals surface area contributed by atoms with Gasteiger partial charge in [0, 0.05) is 12.5 Å². The molecule has 1 fully saturated rings. The fraction of sp³-hybridized carbons (Fsp3) is 0.300. The number of sulfonamides is 1. The molecule has 162 valence electrons. The van der Waals surface area contributed by atoms with Crippen molar-refractivity contribution >= 4 is 21.6 Å². The van der Waals surface area contributed by atoms with Crippen LogP contribution in [0, 0.1) is 12.7 Å². The molecule has 1 aromatic heterocycles. The lowest BCUT2D eigenvalue weighted by Crippen LogP contribution is -2.25. The molecule has 2 N–H and O–H groups in total. The Morgan fingerprint density at radius 1 is 1.19 bits per heavy atom. The van der Waals surface area contributed by atoms with Gasteiger partial charge in [0.25, 0.3) is 0 Å². The molecule has 9 nitrogen and oxygen atoms in total. The first kappa shape index (κ1) is 21.1. The highest BCUT2D eigenvalue weighted by Crippen LogP contribution is 2.23. The predicted molar refractivity (Wildman–Crippen MR) is 111 cm³/mol. The van der Waals surface area contributed by atoms with Crippen molar-refractivity contribution < 1.29 is 17.6 Å². The number of anilines is 1. The molecule has 1 aliphatic carbocycles. The lowest BCUT2D eigenvalue weighted by molar-refractivity contribution is -0.116. The summed E-state index contributed by atoms with van der Waals surface area (Å²) in [7, 11) is -3.50. The fourth-order valence-corrected chi connectivity index (χ4v) is 4.31. The van der Waals surface area contributed by atoms with Gasteiger partial charge in [-0.2, -0.15) is 4.68 Å². The number of benzene rings is 2. The first-order valence-corrected chi connectivity index (χ1v) is 11.3. The minimum absolute atomic E-state index is 0.0324. The average molecular weight is 444 g/mol. The van der Waals surface area contributed by atoms with Crippen LogP contribution in [0.4, 0.5) is 10.1 Å². The number of carbonyl (C=O) groups is 1. The van der Waals surface area contributed by atoms with Crippen molar-refractivity contribution in [1.29, 1.82) is 0 Å². The minimum atomic E-state index is -3.50. The lowest BCUT2D eigenvalue weighted by atomic mass is 10.1. The third kappa shape index (κ3) is 5.12. The molecule has 0 radical (unpaired) electrons. The van der Waals surface area contributed by atoms with Crippen LogP contribution in [0.2, 0.25) is 0 Å². The van der Waals surface area contributed by atoms with Crippen molar-refractivity contribution in [1.82, 2.24) is 24.9 Å². The van der Waals surface area contributed by atoms with Crippen molar-refractivity contribution in [3.63, 3.8) is 0 Å². The largest absolute Gasteiger partial charge is 0.324 e. The molecule has 3 aromatic rings. The standard InChI is InChI=1S/C20H21FN6O3S/c1-13-23-25-26-27(13)16-7-10-18(21)19(12-16)22-20(28)11-4-14-2-8-17(9-3-14)31(29,30)24-15-5-6-15/h2-3,7-10,12,15,24H,4-6,11H2,1H3,(H,22,28). The van der Waals surface area contributed by atoms with E-state index in [0.717, 1.165) is 18.4 Å². The van der Waals surface area contributed by atoms with Gasteiger partial charge in [0.2, 0.25) is 15.9 Å². The van der Waals surface area contributed by atoms with E-state index in [1.54, 1.807) is 19.1 Å². The molecular formula is C20H21FN6O3S. The van der Waals surface area contributed by atoms with Gasteiger partial charge >= 0.3 is 0 Å². The number of rotatable bonds is 8. The summed E-state index contributed by atoms with van der Waals surface area (Å²) in [5.74, 6) is -0.404. The van der Waals surface area contributed by atoms with Gasteiger partial charge in [-0.3, -0.25) is 4.79 Å². The molecule has 0 spiro atoms. The summed E-state index contributed by atoms with van der Waals surface area (Å²) in [5.41, 5.74) is 1.36. The number of carbonyl (C=O) groups excluding carboxylic acids is 1. The maximum atomic E-state index is 14.1. The van der Waals surface area contributed by atoms with Gasteiger partial charge in [-0.1, -0.05) is 12.1 Å². The second-order valence-electron chi connectivity index (χ2n) is 7.39. The fourth-order valence-electron chi connectivity index (χ4n) is 3.01. The molecule has 4 rings (SSSR count). The van der Waals surface area contributed by atoms with E-state index in [2.05, 4.69) is 25.6 Å². The van der Waals surface area contributed by atoms with Crippen LogP contribution in [0.5, 0.6) is 0 Å². The summed E-state index contributed by atoms with van der Waals surface area (Å²) in [5, 5.41) is 13.7. The Labute approximate surface area is 178 Å². The number of hydrogen-bond acceptors (Lipinski definition) is 6. The van der Waals surface area contributed by atoms with E-state index in [1.165, 1.54) is 35.0 Å². The van der Waals surface area contributed by atoms with Crippen LogP contribution in [0.25, 0.3) is 5.69 Å². The number of aryl methyl sites for hydroxylation is 2. The van der Waals surface area contributed by atoms with Crippen molar-refractivity contribution in [3.05, 3.63) is 59.7 Å². The maximum absolute atomic E-state index is 14.1. The van der Waals surface area contributed by atoms with Gasteiger partial charge in [0.15, 0.2) is 5.82 Å². The SMILES string of the molecule is Cc1nnnn1-c1ccc(F)c(NC(=O)CCc2ccc(S(=O)(=O)NC3CC3)cc2)c1. The van der Waals surface area contributed by atoms with Crippen LogP contribution in [-0.2, 0) is 21.2 Å². The Morgan fingerprint density at radius 3 is 2.58 bits per heavy atom. The van der Waals surface area contributed by atoms with Crippen LogP contribution in [0.3, 0.4) is 0 Å². The zero-order valence-corrected chi connectivity index (χ0v) is 17.6. The summed E-state index contributed by atoms with van der Waals surface area (Å²) in [6.45, 7) is 1.71. The Bertz CT molecular complexity index is 1210. The number of amides is 1. The highest BCUT2D eigenvalue weighted by molar-refractivity contribution is 7.89. The third-order valence-electron chi connectivity index (χ3n) is 4.87. The second kappa shape index (κ2) is 8.52. The zero-order chi connectivity index (χ0) is 22.0. The van der Waals surface area contributed by atoms with Gasteiger partial charge in [0.05, 0.1) is 16.3 Å². The monoisotopic (exact) mass is 444 g/mol. The molecule has 1 saturated carbocycles. The lowest BCUT2D eigenvalue weighted by Gasteiger charge is -2.10. The second-order valence-corrected chi connectivity index (χ2v) is 9.10. The summed E-state index contributed by atoms with van der Waals surface area (Å²) in [6.07, 6.45) is 2.23. The molecule has 2 aromatic carbocycles. The molecule has 0 aliphatic heterocycles. The van der Waals surface area contributed by atoms with E-state index in [9.17, 15) is 17.6 Å². The Hall–Kier alpha value is -3.18. The Kier molecular flexibility index (Phi) is 5.79. The van der Waals surface area contributed by atoms with Gasteiger partial charge in [-0.25, -0.2) is 17.5 Å². The first-order chi connectivity index (χ1) is 14.8. The molecule has 1 heterocycles. The summed E-state index contributed by atoms with van der Waals surface area (Å²) in [6, 6.07) is 10.7. The van der Waals surface area contributed by atoms with Crippen molar-refractivity contribution in [3.8, 4) is 5.69 Å². The zero-order valence-electron chi connectivity index (χ0n) is 16.7. The Morgan fingerprint density at radius 2 is 1.94 bits per heavy atom. The quantitative estimate of drug-likeness (QED) is 0.549. The summed E-state index contributed by atoms with van der Waals surface area (Å²) < 4.78 is 42.6. The molecule has 0 unspecified atom stereocenters. The van der Waals surface area contributed by atoms with Crippen molar-refractivity contribution in [2.24, 2.45) is 0 Å². The normalized spacial score (nSPS) is 13.9. The molecular weight excluding hydrogens is 423 g/mol. The Balaban J connectivity index is 1.37.